The zero-order valence-electron chi connectivity index (χ0n) is 16.3. The Labute approximate surface area is 169 Å². The average molecular weight is 390 g/mol. The predicted octanol–water partition coefficient (Wildman–Crippen LogP) is 4.88. The lowest BCUT2D eigenvalue weighted by atomic mass is 10.0. The molecule has 0 aromatic heterocycles. The number of hydrogen-bond donors (Lipinski definition) is 1. The van der Waals surface area contributed by atoms with Gasteiger partial charge in [0.25, 0.3) is 0 Å². The summed E-state index contributed by atoms with van der Waals surface area (Å²) in [5.41, 5.74) is 1.84. The van der Waals surface area contributed by atoms with Gasteiger partial charge in [-0.1, -0.05) is 66.7 Å². The molecule has 0 saturated carbocycles. The number of ketones is 1. The quantitative estimate of drug-likeness (QED) is 0.438. The highest BCUT2D eigenvalue weighted by molar-refractivity contribution is 6.11. The molecule has 0 fully saturated rings. The predicted molar refractivity (Wildman–Crippen MR) is 112 cm³/mol. The number of benzene rings is 3. The van der Waals surface area contributed by atoms with Crippen LogP contribution in [0.15, 0.2) is 72.8 Å². The van der Waals surface area contributed by atoms with E-state index in [1.807, 2.05) is 60.7 Å². The Morgan fingerprint density at radius 3 is 2.21 bits per heavy atom. The van der Waals surface area contributed by atoms with Crippen molar-refractivity contribution in [3.63, 3.8) is 0 Å². The summed E-state index contributed by atoms with van der Waals surface area (Å²) in [5.74, 6) is -0.157. The molecule has 0 saturated heterocycles. The van der Waals surface area contributed by atoms with Crippen LogP contribution in [0.4, 0.5) is 0 Å². The van der Waals surface area contributed by atoms with E-state index in [-0.39, 0.29) is 35.2 Å². The van der Waals surface area contributed by atoms with Crippen molar-refractivity contribution in [3.05, 3.63) is 89.5 Å². The minimum absolute atomic E-state index is 0.0172. The van der Waals surface area contributed by atoms with Gasteiger partial charge in [0.15, 0.2) is 17.3 Å². The Bertz CT molecular complexity index is 995. The van der Waals surface area contributed by atoms with Crippen molar-refractivity contribution >= 4 is 11.9 Å². The Balaban J connectivity index is 1.91. The van der Waals surface area contributed by atoms with E-state index in [2.05, 4.69) is 0 Å². The van der Waals surface area contributed by atoms with E-state index in [0.717, 1.165) is 11.1 Å². The highest BCUT2D eigenvalue weighted by Crippen LogP contribution is 2.45. The summed E-state index contributed by atoms with van der Waals surface area (Å²) in [6.45, 7) is 0.279. The first-order valence-electron chi connectivity index (χ1n) is 9.06. The molecular weight excluding hydrogens is 368 g/mol. The summed E-state index contributed by atoms with van der Waals surface area (Å²) in [6.07, 6.45) is 3.06. The van der Waals surface area contributed by atoms with Crippen LogP contribution in [0.5, 0.6) is 23.0 Å². The topological polar surface area (TPSA) is 65.0 Å². The highest BCUT2D eigenvalue weighted by atomic mass is 16.5. The van der Waals surface area contributed by atoms with E-state index in [0.29, 0.717) is 0 Å². The van der Waals surface area contributed by atoms with Crippen LogP contribution < -0.4 is 14.2 Å². The van der Waals surface area contributed by atoms with Crippen molar-refractivity contribution in [1.29, 1.82) is 0 Å². The number of phenols is 1. The summed E-state index contributed by atoms with van der Waals surface area (Å²) >= 11 is 0. The first-order valence-corrected chi connectivity index (χ1v) is 9.06. The maximum atomic E-state index is 12.8. The smallest absolute Gasteiger partial charge is 0.204 e. The number of carbonyl (C=O) groups excluding carboxylic acids is 1. The van der Waals surface area contributed by atoms with E-state index >= 15 is 0 Å². The molecule has 0 atom stereocenters. The van der Waals surface area contributed by atoms with Gasteiger partial charge in [-0.15, -0.1) is 0 Å². The SMILES string of the molecule is COc1cc(OCc2ccccc2)c(OC)c(O)c1C(=O)/C=C/c1ccccc1. The number of phenolic OH excluding ortho intramolecular Hbond substituents is 1. The van der Waals surface area contributed by atoms with Crippen LogP contribution in [-0.2, 0) is 6.61 Å². The maximum Gasteiger partial charge on any atom is 0.204 e. The third-order valence-corrected chi connectivity index (χ3v) is 4.32. The van der Waals surface area contributed by atoms with Crippen LogP contribution in [0.2, 0.25) is 0 Å². The number of methoxy groups -OCH3 is 2. The number of rotatable bonds is 8. The van der Waals surface area contributed by atoms with Crippen LogP contribution in [-0.4, -0.2) is 25.1 Å². The van der Waals surface area contributed by atoms with Gasteiger partial charge >= 0.3 is 0 Å². The number of ether oxygens (including phenoxy) is 3. The first kappa shape index (κ1) is 20.0. The molecule has 0 heterocycles. The van der Waals surface area contributed by atoms with Crippen LogP contribution in [0.3, 0.4) is 0 Å². The second-order valence-corrected chi connectivity index (χ2v) is 6.22. The van der Waals surface area contributed by atoms with Gasteiger partial charge in [-0.25, -0.2) is 0 Å². The third kappa shape index (κ3) is 4.76. The molecule has 148 valence electrons. The summed E-state index contributed by atoms with van der Waals surface area (Å²) in [4.78, 5) is 12.8. The van der Waals surface area contributed by atoms with E-state index in [4.69, 9.17) is 14.2 Å². The van der Waals surface area contributed by atoms with Gasteiger partial charge in [-0.2, -0.15) is 0 Å². The normalized spacial score (nSPS) is 10.7. The number of carbonyl (C=O) groups is 1. The molecule has 3 aromatic carbocycles. The number of aromatic hydroxyl groups is 1. The fourth-order valence-corrected chi connectivity index (χ4v) is 2.86. The first-order chi connectivity index (χ1) is 14.1. The van der Waals surface area contributed by atoms with Crippen LogP contribution in [0.25, 0.3) is 6.08 Å². The van der Waals surface area contributed by atoms with E-state index in [9.17, 15) is 9.90 Å². The van der Waals surface area contributed by atoms with E-state index in [1.165, 1.54) is 20.3 Å². The molecule has 5 nitrogen and oxygen atoms in total. The van der Waals surface area contributed by atoms with Gasteiger partial charge in [-0.05, 0) is 17.2 Å². The van der Waals surface area contributed by atoms with Gasteiger partial charge < -0.3 is 19.3 Å². The molecular formula is C24H22O5. The molecule has 0 aliphatic carbocycles. The fourth-order valence-electron chi connectivity index (χ4n) is 2.86. The lowest BCUT2D eigenvalue weighted by molar-refractivity contribution is 0.104. The van der Waals surface area contributed by atoms with Gasteiger partial charge in [0.2, 0.25) is 5.75 Å². The van der Waals surface area contributed by atoms with Gasteiger partial charge in [0.1, 0.15) is 17.9 Å². The molecule has 1 N–H and O–H groups in total. The Morgan fingerprint density at radius 2 is 1.59 bits per heavy atom. The summed E-state index contributed by atoms with van der Waals surface area (Å²) in [5, 5.41) is 10.7. The highest BCUT2D eigenvalue weighted by Gasteiger charge is 2.24. The standard InChI is InChI=1S/C24H22O5/c1-27-20-15-21(29-16-18-11-7-4-8-12-18)24(28-2)23(26)22(20)19(25)14-13-17-9-5-3-6-10-17/h3-15,26H,16H2,1-2H3/b14-13+. The molecule has 0 aliphatic heterocycles. The van der Waals surface area contributed by atoms with Crippen LogP contribution in [0, 0.1) is 0 Å². The van der Waals surface area contributed by atoms with Crippen molar-refractivity contribution in [3.8, 4) is 23.0 Å². The average Bonchev–Trinajstić information content (AvgIpc) is 2.77. The van der Waals surface area contributed by atoms with Crippen molar-refractivity contribution in [2.24, 2.45) is 0 Å². The van der Waals surface area contributed by atoms with Crippen LogP contribution in [0.1, 0.15) is 21.5 Å². The zero-order valence-corrected chi connectivity index (χ0v) is 16.3. The molecule has 3 rings (SSSR count). The Morgan fingerprint density at radius 1 is 0.931 bits per heavy atom. The van der Waals surface area contributed by atoms with E-state index in [1.54, 1.807) is 12.1 Å². The second-order valence-electron chi connectivity index (χ2n) is 6.22. The van der Waals surface area contributed by atoms with Crippen molar-refractivity contribution in [1.82, 2.24) is 0 Å². The molecule has 0 bridgehead atoms. The van der Waals surface area contributed by atoms with Crippen LogP contribution >= 0.6 is 0 Å². The largest absolute Gasteiger partial charge is 0.504 e. The molecule has 5 heteroatoms. The van der Waals surface area contributed by atoms with E-state index < -0.39 is 5.78 Å². The van der Waals surface area contributed by atoms with Crippen molar-refractivity contribution < 1.29 is 24.1 Å². The Kier molecular flexibility index (Phi) is 6.53. The van der Waals surface area contributed by atoms with Gasteiger partial charge in [0.05, 0.1) is 14.2 Å². The molecule has 29 heavy (non-hydrogen) atoms. The lowest BCUT2D eigenvalue weighted by Gasteiger charge is -2.16. The minimum atomic E-state index is -0.406. The molecule has 0 aliphatic rings. The van der Waals surface area contributed by atoms with Crippen molar-refractivity contribution in [2.45, 2.75) is 6.61 Å². The minimum Gasteiger partial charge on any atom is -0.504 e. The fraction of sp³-hybridized carbons (Fsp3) is 0.125. The molecule has 3 aromatic rings. The summed E-state index contributed by atoms with van der Waals surface area (Å²) in [6, 6.07) is 20.5. The molecule has 0 amide bonds. The van der Waals surface area contributed by atoms with Gasteiger partial charge in [0, 0.05) is 6.07 Å². The third-order valence-electron chi connectivity index (χ3n) is 4.32. The monoisotopic (exact) mass is 390 g/mol. The second kappa shape index (κ2) is 9.46. The Hall–Kier alpha value is -3.73. The van der Waals surface area contributed by atoms with Gasteiger partial charge in [-0.3, -0.25) is 4.79 Å². The lowest BCUT2D eigenvalue weighted by Crippen LogP contribution is -2.04. The molecule has 0 spiro atoms. The van der Waals surface area contributed by atoms with Crippen molar-refractivity contribution in [2.75, 3.05) is 14.2 Å². The molecule has 0 radical (unpaired) electrons. The molecule has 0 unspecified atom stereocenters. The number of allylic oxidation sites excluding steroid dienone is 1. The summed E-state index contributed by atoms with van der Waals surface area (Å²) < 4.78 is 16.5. The number of hydrogen-bond acceptors (Lipinski definition) is 5. The zero-order chi connectivity index (χ0) is 20.6. The summed E-state index contributed by atoms with van der Waals surface area (Å²) in [7, 11) is 2.84. The maximum absolute atomic E-state index is 12.8.